The highest BCUT2D eigenvalue weighted by Crippen LogP contribution is 2.32. The Kier molecular flexibility index (Phi) is 3.81. The van der Waals surface area contributed by atoms with Gasteiger partial charge in [-0.2, -0.15) is 0 Å². The first-order valence-electron chi connectivity index (χ1n) is 8.40. The van der Waals surface area contributed by atoms with Crippen LogP contribution in [0.1, 0.15) is 22.8 Å². The van der Waals surface area contributed by atoms with E-state index in [1.807, 2.05) is 37.3 Å². The number of carboxylic acids is 1. The molecule has 0 spiro atoms. The minimum Gasteiger partial charge on any atom is -0.478 e. The molecule has 0 saturated carbocycles. The first-order chi connectivity index (χ1) is 12.6. The highest BCUT2D eigenvalue weighted by atomic mass is 16.4. The zero-order chi connectivity index (χ0) is 18.3. The van der Waals surface area contributed by atoms with E-state index in [1.165, 1.54) is 6.07 Å². The summed E-state index contributed by atoms with van der Waals surface area (Å²) in [5.41, 5.74) is 2.20. The van der Waals surface area contributed by atoms with Crippen molar-refractivity contribution in [2.24, 2.45) is 0 Å². The molecule has 0 aliphatic carbocycles. The minimum absolute atomic E-state index is 0.138. The molecule has 0 bridgehead atoms. The SMILES string of the molecule is CCc1ccc2oc(-c3cccc4cccc(C(=O)O)c34)cc(=O)c2c1. The fourth-order valence-electron chi connectivity index (χ4n) is 3.28. The van der Waals surface area contributed by atoms with Gasteiger partial charge in [0.2, 0.25) is 0 Å². The topological polar surface area (TPSA) is 67.5 Å². The van der Waals surface area contributed by atoms with Crippen LogP contribution in [0.3, 0.4) is 0 Å². The van der Waals surface area contributed by atoms with Crippen molar-refractivity contribution >= 4 is 27.7 Å². The quantitative estimate of drug-likeness (QED) is 0.575. The summed E-state index contributed by atoms with van der Waals surface area (Å²) in [5.74, 6) is -0.648. The van der Waals surface area contributed by atoms with Crippen LogP contribution in [0.5, 0.6) is 0 Å². The third-order valence-corrected chi connectivity index (χ3v) is 4.60. The van der Waals surface area contributed by atoms with Gasteiger partial charge in [-0.05, 0) is 35.6 Å². The molecule has 0 saturated heterocycles. The van der Waals surface area contributed by atoms with Gasteiger partial charge in [-0.3, -0.25) is 4.79 Å². The van der Waals surface area contributed by atoms with Crippen LogP contribution in [0.25, 0.3) is 33.1 Å². The summed E-state index contributed by atoms with van der Waals surface area (Å²) in [6.45, 7) is 2.03. The number of aromatic carboxylic acids is 1. The van der Waals surface area contributed by atoms with Crippen LogP contribution in [0.4, 0.5) is 0 Å². The van der Waals surface area contributed by atoms with Crippen LogP contribution >= 0.6 is 0 Å². The van der Waals surface area contributed by atoms with Gasteiger partial charge in [0.1, 0.15) is 11.3 Å². The predicted molar refractivity (Wildman–Crippen MR) is 102 cm³/mol. The lowest BCUT2D eigenvalue weighted by molar-refractivity contribution is 0.0699. The van der Waals surface area contributed by atoms with E-state index in [1.54, 1.807) is 24.3 Å². The summed E-state index contributed by atoms with van der Waals surface area (Å²) in [6.07, 6.45) is 0.836. The molecular formula is C22H16O4. The van der Waals surface area contributed by atoms with E-state index in [2.05, 4.69) is 0 Å². The van der Waals surface area contributed by atoms with Crippen molar-refractivity contribution in [1.82, 2.24) is 0 Å². The van der Waals surface area contributed by atoms with Gasteiger partial charge in [0.25, 0.3) is 0 Å². The van der Waals surface area contributed by atoms with Crippen molar-refractivity contribution in [3.05, 3.63) is 82.0 Å². The first kappa shape index (κ1) is 16.1. The van der Waals surface area contributed by atoms with Gasteiger partial charge >= 0.3 is 5.97 Å². The number of fused-ring (bicyclic) bond motifs is 2. The third kappa shape index (κ3) is 2.56. The van der Waals surface area contributed by atoms with E-state index in [0.717, 1.165) is 17.4 Å². The smallest absolute Gasteiger partial charge is 0.336 e. The van der Waals surface area contributed by atoms with Crippen LogP contribution in [0, 0.1) is 0 Å². The molecule has 1 heterocycles. The zero-order valence-electron chi connectivity index (χ0n) is 14.2. The molecule has 1 N–H and O–H groups in total. The lowest BCUT2D eigenvalue weighted by Gasteiger charge is -2.10. The van der Waals surface area contributed by atoms with Crippen molar-refractivity contribution in [2.45, 2.75) is 13.3 Å². The molecule has 0 aliphatic heterocycles. The molecule has 4 rings (SSSR count). The maximum absolute atomic E-state index is 12.6. The van der Waals surface area contributed by atoms with Crippen LogP contribution in [0.2, 0.25) is 0 Å². The fourth-order valence-corrected chi connectivity index (χ4v) is 3.28. The van der Waals surface area contributed by atoms with Gasteiger partial charge in [-0.25, -0.2) is 4.79 Å². The van der Waals surface area contributed by atoms with Crippen molar-refractivity contribution in [2.75, 3.05) is 0 Å². The van der Waals surface area contributed by atoms with E-state index in [4.69, 9.17) is 4.42 Å². The lowest BCUT2D eigenvalue weighted by atomic mass is 9.97. The Labute approximate surface area is 149 Å². The number of hydrogen-bond donors (Lipinski definition) is 1. The average molecular weight is 344 g/mol. The summed E-state index contributed by atoms with van der Waals surface area (Å²) >= 11 is 0. The second-order valence-corrected chi connectivity index (χ2v) is 6.17. The van der Waals surface area contributed by atoms with E-state index in [-0.39, 0.29) is 11.0 Å². The molecule has 128 valence electrons. The van der Waals surface area contributed by atoms with Crippen LogP contribution in [-0.4, -0.2) is 11.1 Å². The van der Waals surface area contributed by atoms with Gasteiger partial charge in [0.15, 0.2) is 5.43 Å². The van der Waals surface area contributed by atoms with Crippen molar-refractivity contribution in [1.29, 1.82) is 0 Å². The normalized spacial score (nSPS) is 11.1. The van der Waals surface area contributed by atoms with E-state index < -0.39 is 5.97 Å². The number of aryl methyl sites for hydroxylation is 1. The fraction of sp³-hybridized carbons (Fsp3) is 0.0909. The highest BCUT2D eigenvalue weighted by molar-refractivity contribution is 6.09. The molecule has 4 aromatic rings. The molecular weight excluding hydrogens is 328 g/mol. The van der Waals surface area contributed by atoms with E-state index >= 15 is 0 Å². The van der Waals surface area contributed by atoms with Crippen LogP contribution in [-0.2, 0) is 6.42 Å². The summed E-state index contributed by atoms with van der Waals surface area (Å²) in [6, 6.07) is 17.6. The largest absolute Gasteiger partial charge is 0.478 e. The van der Waals surface area contributed by atoms with Crippen LogP contribution < -0.4 is 5.43 Å². The van der Waals surface area contributed by atoms with Gasteiger partial charge in [-0.1, -0.05) is 43.3 Å². The summed E-state index contributed by atoms with van der Waals surface area (Å²) < 4.78 is 5.98. The molecule has 4 nitrogen and oxygen atoms in total. The van der Waals surface area contributed by atoms with E-state index in [9.17, 15) is 14.7 Å². The van der Waals surface area contributed by atoms with Crippen LogP contribution in [0.15, 0.2) is 69.9 Å². The van der Waals surface area contributed by atoms with Crippen molar-refractivity contribution < 1.29 is 14.3 Å². The Morgan fingerprint density at radius 3 is 2.54 bits per heavy atom. The Bertz CT molecular complexity index is 1210. The van der Waals surface area contributed by atoms with Gasteiger partial charge in [0, 0.05) is 17.0 Å². The maximum Gasteiger partial charge on any atom is 0.336 e. The summed E-state index contributed by atoms with van der Waals surface area (Å²) in [7, 11) is 0. The molecule has 4 heteroatoms. The van der Waals surface area contributed by atoms with Crippen molar-refractivity contribution in [3.63, 3.8) is 0 Å². The first-order valence-corrected chi connectivity index (χ1v) is 8.40. The number of carbonyl (C=O) groups is 1. The lowest BCUT2D eigenvalue weighted by Crippen LogP contribution is -2.02. The third-order valence-electron chi connectivity index (χ3n) is 4.60. The highest BCUT2D eigenvalue weighted by Gasteiger charge is 2.15. The van der Waals surface area contributed by atoms with Gasteiger partial charge in [0.05, 0.1) is 10.9 Å². The molecule has 0 atom stereocenters. The van der Waals surface area contributed by atoms with Gasteiger partial charge in [-0.15, -0.1) is 0 Å². The molecule has 26 heavy (non-hydrogen) atoms. The Hall–Kier alpha value is -3.40. The molecule has 0 unspecified atom stereocenters. The Balaban J connectivity index is 2.05. The second-order valence-electron chi connectivity index (χ2n) is 6.17. The minimum atomic E-state index is -1.02. The van der Waals surface area contributed by atoms with Gasteiger partial charge < -0.3 is 9.52 Å². The molecule has 0 aliphatic rings. The zero-order valence-corrected chi connectivity index (χ0v) is 14.2. The molecule has 0 amide bonds. The second kappa shape index (κ2) is 6.15. The summed E-state index contributed by atoms with van der Waals surface area (Å²) in [4.78, 5) is 24.3. The monoisotopic (exact) mass is 344 g/mol. The summed E-state index contributed by atoms with van der Waals surface area (Å²) in [5, 5.41) is 11.4. The Morgan fingerprint density at radius 1 is 1.04 bits per heavy atom. The molecule has 0 radical (unpaired) electrons. The standard InChI is InChI=1S/C22H16O4/c1-2-13-9-10-19-17(11-13)18(23)12-20(26-19)15-7-3-5-14-6-4-8-16(21(14)15)22(24)25/h3-12H,2H2,1H3,(H,24,25). The number of rotatable bonds is 3. The molecule has 0 fully saturated rings. The van der Waals surface area contributed by atoms with Crippen molar-refractivity contribution in [3.8, 4) is 11.3 Å². The maximum atomic E-state index is 12.6. The Morgan fingerprint density at radius 2 is 1.81 bits per heavy atom. The number of carboxylic acid groups (broad SMARTS) is 1. The average Bonchev–Trinajstić information content (AvgIpc) is 2.66. The molecule has 3 aromatic carbocycles. The number of benzene rings is 3. The number of hydrogen-bond acceptors (Lipinski definition) is 3. The molecule has 1 aromatic heterocycles. The van der Waals surface area contributed by atoms with E-state index in [0.29, 0.717) is 27.7 Å². The predicted octanol–water partition coefficient (Wildman–Crippen LogP) is 4.87.